The summed E-state index contributed by atoms with van der Waals surface area (Å²) in [5.74, 6) is -0.275. The molecule has 1 aromatic heterocycles. The summed E-state index contributed by atoms with van der Waals surface area (Å²) in [7, 11) is 3.59. The second-order valence-electron chi connectivity index (χ2n) is 8.35. The van der Waals surface area contributed by atoms with Crippen LogP contribution in [0, 0.1) is 6.92 Å². The van der Waals surface area contributed by atoms with Crippen molar-refractivity contribution < 1.29 is 23.9 Å². The molecule has 0 aliphatic rings. The highest BCUT2D eigenvalue weighted by atomic mass is 32.1. The Morgan fingerprint density at radius 1 is 0.964 bits per heavy atom. The van der Waals surface area contributed by atoms with Crippen LogP contribution in [0.3, 0.4) is 0 Å². The highest BCUT2D eigenvalue weighted by Gasteiger charge is 2.35. The molecule has 0 bridgehead atoms. The quantitative estimate of drug-likeness (QED) is 0.536. The molecular weight excluding hydrogens is 382 g/mol. The zero-order valence-electron chi connectivity index (χ0n) is 17.9. The number of hydrogen-bond acceptors (Lipinski definition) is 8. The molecule has 1 aromatic rings. The third kappa shape index (κ3) is 7.30. The number of anilines is 1. The molecule has 0 saturated carbocycles. The van der Waals surface area contributed by atoms with Gasteiger partial charge in [0.05, 0.1) is 10.6 Å². The molecule has 0 aliphatic carbocycles. The molecule has 156 valence electrons. The van der Waals surface area contributed by atoms with Gasteiger partial charge in [-0.3, -0.25) is 4.79 Å². The van der Waals surface area contributed by atoms with Crippen LogP contribution in [0.4, 0.5) is 14.7 Å². The predicted octanol–water partition coefficient (Wildman–Crippen LogP) is 4.39. The van der Waals surface area contributed by atoms with Crippen molar-refractivity contribution in [2.75, 3.05) is 19.0 Å². The number of amides is 2. The summed E-state index contributed by atoms with van der Waals surface area (Å²) in [5, 5.41) is 0.0163. The van der Waals surface area contributed by atoms with Gasteiger partial charge in [0.2, 0.25) is 5.13 Å². The molecule has 0 fully saturated rings. The topological polar surface area (TPSA) is 89.0 Å². The van der Waals surface area contributed by atoms with Crippen LogP contribution >= 0.6 is 11.3 Å². The van der Waals surface area contributed by atoms with E-state index in [0.29, 0.717) is 10.6 Å². The van der Waals surface area contributed by atoms with Crippen LogP contribution in [0.25, 0.3) is 0 Å². The molecule has 0 N–H and O–H groups in total. The van der Waals surface area contributed by atoms with Crippen LogP contribution in [-0.4, -0.2) is 53.2 Å². The number of nitrogens with zero attached hydrogens (tertiary/aromatic N) is 3. The van der Waals surface area contributed by atoms with Crippen LogP contribution in [0.15, 0.2) is 12.3 Å². The molecule has 0 aliphatic heterocycles. The molecule has 1 heterocycles. The van der Waals surface area contributed by atoms with Crippen LogP contribution < -0.4 is 4.90 Å². The van der Waals surface area contributed by atoms with E-state index in [1.807, 2.05) is 0 Å². The lowest BCUT2D eigenvalue weighted by atomic mass is 10.2. The van der Waals surface area contributed by atoms with Gasteiger partial charge in [-0.15, -0.1) is 0 Å². The number of imide groups is 1. The van der Waals surface area contributed by atoms with E-state index < -0.39 is 23.4 Å². The highest BCUT2D eigenvalue weighted by molar-refractivity contribution is 7.18. The van der Waals surface area contributed by atoms with Gasteiger partial charge in [0.15, 0.2) is 5.78 Å². The van der Waals surface area contributed by atoms with Gasteiger partial charge in [-0.05, 0) is 48.5 Å². The number of thiazole rings is 1. The second kappa shape index (κ2) is 8.72. The summed E-state index contributed by atoms with van der Waals surface area (Å²) in [4.78, 5) is 44.7. The summed E-state index contributed by atoms with van der Waals surface area (Å²) in [6, 6.07) is 0. The number of ketones is 1. The van der Waals surface area contributed by atoms with Crippen LogP contribution in [0.5, 0.6) is 0 Å². The second-order valence-corrected chi connectivity index (χ2v) is 9.33. The number of aromatic nitrogens is 1. The van der Waals surface area contributed by atoms with Crippen molar-refractivity contribution in [2.24, 2.45) is 0 Å². The number of carbonyl (C=O) groups is 3. The van der Waals surface area contributed by atoms with Gasteiger partial charge in [-0.2, -0.15) is 4.90 Å². The van der Waals surface area contributed by atoms with E-state index in [-0.39, 0.29) is 10.9 Å². The standard InChI is InChI=1S/C19H29N3O5S/c1-12-14(13(23)10-11-21(8)9)28-15(20-12)22(16(24)26-18(2,3)4)17(25)27-19(5,6)7/h10-11H,1-9H3/b11-10+. The van der Waals surface area contributed by atoms with Crippen molar-refractivity contribution in [3.05, 3.63) is 22.8 Å². The van der Waals surface area contributed by atoms with Crippen molar-refractivity contribution in [3.8, 4) is 0 Å². The Hall–Kier alpha value is -2.42. The summed E-state index contributed by atoms with van der Waals surface area (Å²) >= 11 is 0.930. The Labute approximate surface area is 170 Å². The van der Waals surface area contributed by atoms with Crippen molar-refractivity contribution >= 4 is 34.4 Å². The Morgan fingerprint density at radius 3 is 1.82 bits per heavy atom. The maximum atomic E-state index is 12.7. The lowest BCUT2D eigenvalue weighted by molar-refractivity contribution is 0.0430. The smallest absolute Gasteiger partial charge is 0.426 e. The summed E-state index contributed by atoms with van der Waals surface area (Å²) in [5.41, 5.74) is -1.24. The average Bonchev–Trinajstić information content (AvgIpc) is 2.82. The van der Waals surface area contributed by atoms with Crippen molar-refractivity contribution in [2.45, 2.75) is 59.7 Å². The van der Waals surface area contributed by atoms with E-state index in [1.54, 1.807) is 73.7 Å². The number of carbonyl (C=O) groups excluding carboxylic acids is 3. The maximum absolute atomic E-state index is 12.7. The largest absolute Gasteiger partial charge is 0.443 e. The third-order valence-corrected chi connectivity index (χ3v) is 4.03. The molecule has 1 rings (SSSR count). The molecule has 8 nitrogen and oxygen atoms in total. The van der Waals surface area contributed by atoms with Gasteiger partial charge >= 0.3 is 12.2 Å². The predicted molar refractivity (Wildman–Crippen MR) is 109 cm³/mol. The van der Waals surface area contributed by atoms with Gasteiger partial charge in [-0.25, -0.2) is 14.6 Å². The molecule has 0 spiro atoms. The number of allylic oxidation sites excluding steroid dienone is 1. The monoisotopic (exact) mass is 411 g/mol. The summed E-state index contributed by atoms with van der Waals surface area (Å²) in [6.07, 6.45) is 1.17. The minimum absolute atomic E-state index is 0.0163. The van der Waals surface area contributed by atoms with Crippen molar-refractivity contribution in [1.82, 2.24) is 9.88 Å². The average molecular weight is 412 g/mol. The van der Waals surface area contributed by atoms with E-state index >= 15 is 0 Å². The molecule has 0 radical (unpaired) electrons. The molecule has 0 aromatic carbocycles. The van der Waals surface area contributed by atoms with Crippen molar-refractivity contribution in [1.29, 1.82) is 0 Å². The van der Waals surface area contributed by atoms with Crippen LogP contribution in [0.1, 0.15) is 56.9 Å². The SMILES string of the molecule is Cc1nc(N(C(=O)OC(C)(C)C)C(=O)OC(C)(C)C)sc1C(=O)/C=C/N(C)C. The molecule has 2 amide bonds. The summed E-state index contributed by atoms with van der Waals surface area (Å²) < 4.78 is 10.7. The molecule has 9 heteroatoms. The van der Waals surface area contributed by atoms with Gasteiger partial charge in [0, 0.05) is 26.4 Å². The Morgan fingerprint density at radius 2 is 1.43 bits per heavy atom. The van der Waals surface area contributed by atoms with Gasteiger partial charge in [0.1, 0.15) is 11.2 Å². The van der Waals surface area contributed by atoms with Gasteiger partial charge in [0.25, 0.3) is 0 Å². The zero-order chi connectivity index (χ0) is 21.9. The normalized spacial score (nSPS) is 12.0. The first-order chi connectivity index (χ1) is 12.6. The number of aryl methyl sites for hydroxylation is 1. The first-order valence-corrected chi connectivity index (χ1v) is 9.55. The number of hydrogen-bond donors (Lipinski definition) is 0. The van der Waals surface area contributed by atoms with E-state index in [2.05, 4.69) is 4.98 Å². The van der Waals surface area contributed by atoms with Gasteiger partial charge in [-0.1, -0.05) is 11.3 Å². The Bertz CT molecular complexity index is 742. The zero-order valence-corrected chi connectivity index (χ0v) is 18.8. The first kappa shape index (κ1) is 23.6. The summed E-state index contributed by atoms with van der Waals surface area (Å²) in [6.45, 7) is 11.8. The molecule has 28 heavy (non-hydrogen) atoms. The van der Waals surface area contributed by atoms with E-state index in [0.717, 1.165) is 16.2 Å². The number of rotatable bonds is 4. The first-order valence-electron chi connectivity index (χ1n) is 8.73. The number of ether oxygens (including phenoxy) is 2. The lowest BCUT2D eigenvalue weighted by Crippen LogP contribution is -2.43. The van der Waals surface area contributed by atoms with E-state index in [1.165, 1.54) is 6.08 Å². The van der Waals surface area contributed by atoms with E-state index in [9.17, 15) is 14.4 Å². The molecule has 0 atom stereocenters. The third-order valence-electron chi connectivity index (χ3n) is 2.88. The Balaban J connectivity index is 3.31. The van der Waals surface area contributed by atoms with Crippen LogP contribution in [-0.2, 0) is 9.47 Å². The molecule has 0 unspecified atom stereocenters. The Kier molecular flexibility index (Phi) is 7.36. The van der Waals surface area contributed by atoms with Gasteiger partial charge < -0.3 is 14.4 Å². The lowest BCUT2D eigenvalue weighted by Gasteiger charge is -2.27. The van der Waals surface area contributed by atoms with Crippen LogP contribution in [0.2, 0.25) is 0 Å². The molecular formula is C19H29N3O5S. The minimum atomic E-state index is -0.918. The van der Waals surface area contributed by atoms with Crippen molar-refractivity contribution in [3.63, 3.8) is 0 Å². The minimum Gasteiger partial charge on any atom is -0.443 e. The fourth-order valence-corrected chi connectivity index (χ4v) is 2.81. The molecule has 0 saturated heterocycles. The highest BCUT2D eigenvalue weighted by Crippen LogP contribution is 2.29. The van der Waals surface area contributed by atoms with E-state index in [4.69, 9.17) is 9.47 Å². The fraction of sp³-hybridized carbons (Fsp3) is 0.579. The maximum Gasteiger partial charge on any atom is 0.426 e. The fourth-order valence-electron chi connectivity index (χ4n) is 1.84.